The molecule has 0 aliphatic heterocycles. The van der Waals surface area contributed by atoms with Gasteiger partial charge < -0.3 is 18.8 Å². The number of hydrogen-bond donors (Lipinski definition) is 0. The zero-order chi connectivity index (χ0) is 21.8. The number of methoxy groups -OCH3 is 2. The van der Waals surface area contributed by atoms with Crippen LogP contribution >= 0.6 is 11.8 Å². The van der Waals surface area contributed by atoms with Crippen molar-refractivity contribution in [1.82, 2.24) is 10.2 Å². The second-order valence-electron chi connectivity index (χ2n) is 7.43. The van der Waals surface area contributed by atoms with Gasteiger partial charge in [-0.3, -0.25) is 4.79 Å². The molecule has 0 N–H and O–H groups in total. The SMILES string of the molecule is COc1ccc(-c2nnc(SCC(=O)N(c3ccc(OC)cc3)C(C)C3CC3)o2)cc1. The number of anilines is 1. The van der Waals surface area contributed by atoms with Crippen molar-refractivity contribution in [2.45, 2.75) is 31.0 Å². The highest BCUT2D eigenvalue weighted by Gasteiger charge is 2.35. The van der Waals surface area contributed by atoms with Gasteiger partial charge in [-0.15, -0.1) is 10.2 Å². The van der Waals surface area contributed by atoms with Gasteiger partial charge in [0.1, 0.15) is 11.5 Å². The summed E-state index contributed by atoms with van der Waals surface area (Å²) >= 11 is 1.25. The number of rotatable bonds is 9. The summed E-state index contributed by atoms with van der Waals surface area (Å²) in [7, 11) is 3.25. The van der Waals surface area contributed by atoms with Crippen LogP contribution in [0.2, 0.25) is 0 Å². The van der Waals surface area contributed by atoms with Gasteiger partial charge >= 0.3 is 0 Å². The maximum Gasteiger partial charge on any atom is 0.277 e. The van der Waals surface area contributed by atoms with Crippen molar-refractivity contribution in [2.24, 2.45) is 5.92 Å². The summed E-state index contributed by atoms with van der Waals surface area (Å²) in [5, 5.41) is 8.55. The summed E-state index contributed by atoms with van der Waals surface area (Å²) in [4.78, 5) is 15.0. The van der Waals surface area contributed by atoms with E-state index in [4.69, 9.17) is 13.9 Å². The van der Waals surface area contributed by atoms with Crippen molar-refractivity contribution >= 4 is 23.4 Å². The first-order chi connectivity index (χ1) is 15.1. The van der Waals surface area contributed by atoms with E-state index >= 15 is 0 Å². The van der Waals surface area contributed by atoms with Gasteiger partial charge in [0.15, 0.2) is 0 Å². The smallest absolute Gasteiger partial charge is 0.277 e. The van der Waals surface area contributed by atoms with E-state index in [1.807, 2.05) is 53.4 Å². The van der Waals surface area contributed by atoms with Crippen molar-refractivity contribution in [3.63, 3.8) is 0 Å². The van der Waals surface area contributed by atoms with Crippen molar-refractivity contribution in [3.8, 4) is 23.0 Å². The van der Waals surface area contributed by atoms with Crippen LogP contribution in [0.1, 0.15) is 19.8 Å². The third kappa shape index (κ3) is 5.02. The number of ether oxygens (including phenoxy) is 2. The highest BCUT2D eigenvalue weighted by atomic mass is 32.2. The fourth-order valence-electron chi connectivity index (χ4n) is 3.45. The highest BCUT2D eigenvalue weighted by molar-refractivity contribution is 7.99. The van der Waals surface area contributed by atoms with Crippen LogP contribution in [0.25, 0.3) is 11.5 Å². The summed E-state index contributed by atoms with van der Waals surface area (Å²) in [5.74, 6) is 2.71. The van der Waals surface area contributed by atoms with E-state index in [9.17, 15) is 4.79 Å². The van der Waals surface area contributed by atoms with E-state index in [1.165, 1.54) is 11.8 Å². The number of benzene rings is 2. The van der Waals surface area contributed by atoms with Gasteiger partial charge in [-0.1, -0.05) is 11.8 Å². The summed E-state index contributed by atoms with van der Waals surface area (Å²) < 4.78 is 16.2. The van der Waals surface area contributed by atoms with Crippen LogP contribution in [0.5, 0.6) is 11.5 Å². The molecule has 31 heavy (non-hydrogen) atoms. The molecule has 1 aliphatic carbocycles. The molecule has 2 aromatic carbocycles. The van der Waals surface area contributed by atoms with Gasteiger partial charge in [0.2, 0.25) is 11.8 Å². The summed E-state index contributed by atoms with van der Waals surface area (Å²) in [5.41, 5.74) is 1.67. The molecule has 1 heterocycles. The molecule has 4 rings (SSSR count). The molecule has 8 heteroatoms. The third-order valence-electron chi connectivity index (χ3n) is 5.39. The predicted octanol–water partition coefficient (Wildman–Crippen LogP) is 4.68. The second kappa shape index (κ2) is 9.43. The Bertz CT molecular complexity index is 1020. The van der Waals surface area contributed by atoms with Gasteiger partial charge in [-0.25, -0.2) is 0 Å². The van der Waals surface area contributed by atoms with Crippen molar-refractivity contribution in [3.05, 3.63) is 48.5 Å². The van der Waals surface area contributed by atoms with Crippen LogP contribution in [-0.2, 0) is 4.79 Å². The monoisotopic (exact) mass is 439 g/mol. The Labute approximate surface area is 185 Å². The van der Waals surface area contributed by atoms with Crippen molar-refractivity contribution < 1.29 is 18.7 Å². The van der Waals surface area contributed by atoms with Gasteiger partial charge in [-0.05, 0) is 74.2 Å². The van der Waals surface area contributed by atoms with Crippen LogP contribution in [0.4, 0.5) is 5.69 Å². The fraction of sp³-hybridized carbons (Fsp3) is 0.348. The minimum Gasteiger partial charge on any atom is -0.497 e. The molecule has 162 valence electrons. The molecule has 1 unspecified atom stereocenters. The molecule has 1 aliphatic rings. The first kappa shape index (κ1) is 21.2. The Morgan fingerprint density at radius 2 is 1.68 bits per heavy atom. The predicted molar refractivity (Wildman–Crippen MR) is 120 cm³/mol. The zero-order valence-corrected chi connectivity index (χ0v) is 18.6. The van der Waals surface area contributed by atoms with E-state index in [1.54, 1.807) is 14.2 Å². The summed E-state index contributed by atoms with van der Waals surface area (Å²) in [6.07, 6.45) is 2.31. The van der Waals surface area contributed by atoms with E-state index < -0.39 is 0 Å². The van der Waals surface area contributed by atoms with Crippen molar-refractivity contribution in [2.75, 3.05) is 24.9 Å². The lowest BCUT2D eigenvalue weighted by Crippen LogP contribution is -2.41. The molecule has 1 saturated carbocycles. The van der Waals surface area contributed by atoms with Crippen LogP contribution in [0, 0.1) is 5.92 Å². The maximum absolute atomic E-state index is 13.2. The van der Waals surface area contributed by atoms with E-state index in [0.29, 0.717) is 17.0 Å². The highest BCUT2D eigenvalue weighted by Crippen LogP contribution is 2.37. The fourth-order valence-corrected chi connectivity index (χ4v) is 4.07. The standard InChI is InChI=1S/C23H25N3O4S/c1-15(16-4-5-16)26(18-8-12-20(29-3)13-9-18)21(27)14-31-23-25-24-22(30-23)17-6-10-19(28-2)11-7-17/h6-13,15-16H,4-5,14H2,1-3H3. The van der Waals surface area contributed by atoms with E-state index in [-0.39, 0.29) is 17.7 Å². The lowest BCUT2D eigenvalue weighted by molar-refractivity contribution is -0.116. The third-order valence-corrected chi connectivity index (χ3v) is 6.20. The first-order valence-electron chi connectivity index (χ1n) is 10.2. The summed E-state index contributed by atoms with van der Waals surface area (Å²) in [6, 6.07) is 15.1. The quantitative estimate of drug-likeness (QED) is 0.448. The first-order valence-corrected chi connectivity index (χ1v) is 11.1. The molecular formula is C23H25N3O4S. The zero-order valence-electron chi connectivity index (χ0n) is 17.8. The Kier molecular flexibility index (Phi) is 6.46. The number of carbonyl (C=O) groups excluding carboxylic acids is 1. The molecule has 0 spiro atoms. The number of amides is 1. The van der Waals surface area contributed by atoms with E-state index in [0.717, 1.165) is 35.6 Å². The average molecular weight is 440 g/mol. The second-order valence-corrected chi connectivity index (χ2v) is 8.36. The molecule has 3 aromatic rings. The lowest BCUT2D eigenvalue weighted by atomic mass is 10.1. The van der Waals surface area contributed by atoms with Crippen LogP contribution in [-0.4, -0.2) is 42.1 Å². The summed E-state index contributed by atoms with van der Waals surface area (Å²) in [6.45, 7) is 2.11. The number of thioether (sulfide) groups is 1. The molecule has 1 aromatic heterocycles. The molecule has 1 fully saturated rings. The van der Waals surface area contributed by atoms with Crippen LogP contribution in [0.15, 0.2) is 58.2 Å². The largest absolute Gasteiger partial charge is 0.497 e. The molecule has 0 radical (unpaired) electrons. The van der Waals surface area contributed by atoms with E-state index in [2.05, 4.69) is 17.1 Å². The molecule has 1 atom stereocenters. The van der Waals surface area contributed by atoms with Gasteiger partial charge in [0, 0.05) is 17.3 Å². The molecule has 1 amide bonds. The number of hydrogen-bond acceptors (Lipinski definition) is 7. The van der Waals surface area contributed by atoms with Gasteiger partial charge in [0.05, 0.1) is 20.0 Å². The maximum atomic E-state index is 13.2. The van der Waals surface area contributed by atoms with Gasteiger partial charge in [-0.2, -0.15) is 0 Å². The number of carbonyl (C=O) groups is 1. The Balaban J connectivity index is 1.44. The minimum atomic E-state index is 0.0127. The molecule has 0 bridgehead atoms. The molecule has 0 saturated heterocycles. The lowest BCUT2D eigenvalue weighted by Gasteiger charge is -2.29. The van der Waals surface area contributed by atoms with Gasteiger partial charge in [0.25, 0.3) is 5.22 Å². The molecular weight excluding hydrogens is 414 g/mol. The van der Waals surface area contributed by atoms with Crippen molar-refractivity contribution in [1.29, 1.82) is 0 Å². The Morgan fingerprint density at radius 3 is 2.26 bits per heavy atom. The Morgan fingerprint density at radius 1 is 1.06 bits per heavy atom. The minimum absolute atomic E-state index is 0.0127. The van der Waals surface area contributed by atoms with Crippen LogP contribution in [0.3, 0.4) is 0 Å². The topological polar surface area (TPSA) is 77.7 Å². The molecule has 7 nitrogen and oxygen atoms in total. The Hall–Kier alpha value is -3.00. The number of aromatic nitrogens is 2. The van der Waals surface area contributed by atoms with Crippen LogP contribution < -0.4 is 14.4 Å². The normalized spacial score (nSPS) is 14.2. The average Bonchev–Trinajstić information content (AvgIpc) is 3.56. The number of nitrogens with zero attached hydrogens (tertiary/aromatic N) is 3.